The van der Waals surface area contributed by atoms with E-state index < -0.39 is 10.0 Å². The van der Waals surface area contributed by atoms with Gasteiger partial charge in [-0.2, -0.15) is 0 Å². The third-order valence-corrected chi connectivity index (χ3v) is 7.55. The van der Waals surface area contributed by atoms with E-state index in [-0.39, 0.29) is 10.7 Å². The number of nitrogens with two attached hydrogens (primary N) is 1. The maximum absolute atomic E-state index is 13.4. The Balaban J connectivity index is 1.53. The summed E-state index contributed by atoms with van der Waals surface area (Å²) < 4.78 is 39.6. The number of thioether (sulfide) groups is 1. The van der Waals surface area contributed by atoms with Crippen LogP contribution in [0.5, 0.6) is 0 Å². The molecule has 0 aliphatic rings. The second kappa shape index (κ2) is 9.53. The molecule has 0 fully saturated rings. The molecule has 168 valence electrons. The van der Waals surface area contributed by atoms with Crippen LogP contribution in [0, 0.1) is 5.82 Å². The van der Waals surface area contributed by atoms with E-state index in [9.17, 15) is 12.8 Å². The monoisotopic (exact) mass is 492 g/mol. The van der Waals surface area contributed by atoms with Crippen molar-refractivity contribution in [2.24, 2.45) is 5.14 Å². The summed E-state index contributed by atoms with van der Waals surface area (Å²) >= 11 is 2.85. The Morgan fingerprint density at radius 1 is 1.22 bits per heavy atom. The van der Waals surface area contributed by atoms with E-state index in [2.05, 4.69) is 32.0 Å². The molecule has 0 saturated carbocycles. The number of benzene rings is 2. The second-order valence-corrected chi connectivity index (χ2v) is 10.8. The summed E-state index contributed by atoms with van der Waals surface area (Å²) in [5.41, 5.74) is 2.06. The molecule has 0 aliphatic heterocycles. The fourth-order valence-corrected chi connectivity index (χ4v) is 5.40. The average Bonchev–Trinajstić information content (AvgIpc) is 3.33. The highest BCUT2D eigenvalue weighted by Gasteiger charge is 2.16. The molecule has 2 aromatic heterocycles. The van der Waals surface area contributed by atoms with E-state index in [0.717, 1.165) is 35.1 Å². The standard InChI is InChI=1S/C20H21FN6O2S3/c1-2-3-9-27-17-8-7-15(32(22,28)29)11-16(17)24-18(27)12-30-20-26-25-19(31-20)23-14-6-4-5-13(21)10-14/h4-8,10-11H,2-3,9,12H2,1H3,(H,23,25)(H2,22,28,29). The van der Waals surface area contributed by atoms with Gasteiger partial charge in [0, 0.05) is 12.2 Å². The van der Waals surface area contributed by atoms with Crippen LogP contribution in [0.4, 0.5) is 15.2 Å². The van der Waals surface area contributed by atoms with Gasteiger partial charge in [0.15, 0.2) is 4.34 Å². The summed E-state index contributed by atoms with van der Waals surface area (Å²) in [6, 6.07) is 10.9. The molecule has 2 aromatic carbocycles. The summed E-state index contributed by atoms with van der Waals surface area (Å²) in [6.45, 7) is 2.89. The van der Waals surface area contributed by atoms with E-state index in [1.807, 2.05) is 0 Å². The van der Waals surface area contributed by atoms with Crippen LogP contribution in [0.25, 0.3) is 11.0 Å². The summed E-state index contributed by atoms with van der Waals surface area (Å²) in [6.07, 6.45) is 1.99. The Morgan fingerprint density at radius 2 is 2.06 bits per heavy atom. The number of nitrogens with one attached hydrogen (secondary N) is 1. The minimum atomic E-state index is -3.80. The molecule has 3 N–H and O–H groups in total. The van der Waals surface area contributed by atoms with E-state index in [1.165, 1.54) is 47.4 Å². The number of aromatic nitrogens is 4. The summed E-state index contributed by atoms with van der Waals surface area (Å²) in [7, 11) is -3.80. The third kappa shape index (κ3) is 5.26. The molecule has 0 radical (unpaired) electrons. The minimum absolute atomic E-state index is 0.0431. The maximum Gasteiger partial charge on any atom is 0.238 e. The zero-order valence-electron chi connectivity index (χ0n) is 17.2. The molecular weight excluding hydrogens is 471 g/mol. The number of hydrogen-bond acceptors (Lipinski definition) is 8. The van der Waals surface area contributed by atoms with Gasteiger partial charge in [0.2, 0.25) is 15.2 Å². The Morgan fingerprint density at radius 3 is 2.81 bits per heavy atom. The maximum atomic E-state index is 13.4. The van der Waals surface area contributed by atoms with Crippen molar-refractivity contribution in [3.05, 3.63) is 54.1 Å². The molecule has 12 heteroatoms. The lowest BCUT2D eigenvalue weighted by Crippen LogP contribution is -2.11. The third-order valence-electron chi connectivity index (χ3n) is 4.67. The number of hydrogen-bond donors (Lipinski definition) is 2. The number of primary sulfonamides is 1. The number of nitrogens with zero attached hydrogens (tertiary/aromatic N) is 4. The van der Waals surface area contributed by atoms with Gasteiger partial charge in [0.1, 0.15) is 11.6 Å². The first-order valence-corrected chi connectivity index (χ1v) is 13.2. The van der Waals surface area contributed by atoms with Gasteiger partial charge >= 0.3 is 0 Å². The molecular formula is C20H21FN6O2S3. The average molecular weight is 493 g/mol. The molecule has 0 saturated heterocycles. The summed E-state index contributed by atoms with van der Waals surface area (Å²) in [4.78, 5) is 4.70. The lowest BCUT2D eigenvalue weighted by atomic mass is 10.3. The zero-order chi connectivity index (χ0) is 22.7. The summed E-state index contributed by atoms with van der Waals surface area (Å²) in [5.74, 6) is 1.03. The predicted octanol–water partition coefficient (Wildman–Crippen LogP) is 4.51. The highest BCUT2D eigenvalue weighted by atomic mass is 32.2. The molecule has 0 spiro atoms. The first kappa shape index (κ1) is 22.6. The number of sulfonamides is 1. The number of aryl methyl sites for hydroxylation is 1. The number of anilines is 2. The Hall–Kier alpha value is -2.54. The lowest BCUT2D eigenvalue weighted by Gasteiger charge is -2.08. The quantitative estimate of drug-likeness (QED) is 0.330. The highest BCUT2D eigenvalue weighted by molar-refractivity contribution is 8.00. The van der Waals surface area contributed by atoms with E-state index in [4.69, 9.17) is 5.14 Å². The van der Waals surface area contributed by atoms with Crippen molar-refractivity contribution in [3.63, 3.8) is 0 Å². The van der Waals surface area contributed by atoms with Gasteiger partial charge in [-0.1, -0.05) is 42.5 Å². The van der Waals surface area contributed by atoms with Gasteiger partial charge in [0.05, 0.1) is 21.7 Å². The van der Waals surface area contributed by atoms with Crippen molar-refractivity contribution in [2.45, 2.75) is 41.3 Å². The van der Waals surface area contributed by atoms with Crippen molar-refractivity contribution >= 4 is 55.0 Å². The van der Waals surface area contributed by atoms with Crippen LogP contribution < -0.4 is 10.5 Å². The number of unbranched alkanes of at least 4 members (excludes halogenated alkanes) is 1. The zero-order valence-corrected chi connectivity index (χ0v) is 19.6. The van der Waals surface area contributed by atoms with Crippen molar-refractivity contribution in [1.29, 1.82) is 0 Å². The smallest absolute Gasteiger partial charge is 0.238 e. The van der Waals surface area contributed by atoms with Crippen LogP contribution in [0.15, 0.2) is 51.7 Å². The van der Waals surface area contributed by atoms with Crippen molar-refractivity contribution < 1.29 is 12.8 Å². The fraction of sp³-hybridized carbons (Fsp3) is 0.250. The van der Waals surface area contributed by atoms with E-state index in [0.29, 0.717) is 22.1 Å². The largest absolute Gasteiger partial charge is 0.330 e. The number of imidazole rings is 1. The SMILES string of the molecule is CCCCn1c(CSc2nnc(Nc3cccc(F)c3)s2)nc2cc(S(N)(=O)=O)ccc21. The predicted molar refractivity (Wildman–Crippen MR) is 125 cm³/mol. The molecule has 0 aliphatic carbocycles. The van der Waals surface area contributed by atoms with Crippen LogP contribution in [-0.4, -0.2) is 28.2 Å². The molecule has 8 nitrogen and oxygen atoms in total. The normalized spacial score (nSPS) is 11.8. The number of halogens is 1. The van der Waals surface area contributed by atoms with Crippen molar-refractivity contribution in [2.75, 3.05) is 5.32 Å². The van der Waals surface area contributed by atoms with Gasteiger partial charge in [-0.05, 0) is 42.8 Å². The first-order chi connectivity index (χ1) is 15.3. The van der Waals surface area contributed by atoms with Crippen molar-refractivity contribution in [3.8, 4) is 0 Å². The fourth-order valence-electron chi connectivity index (χ4n) is 3.15. The molecule has 32 heavy (non-hydrogen) atoms. The Kier molecular flexibility index (Phi) is 6.74. The molecule has 2 heterocycles. The van der Waals surface area contributed by atoms with Gasteiger partial charge in [0.25, 0.3) is 0 Å². The van der Waals surface area contributed by atoms with E-state index >= 15 is 0 Å². The Bertz CT molecular complexity index is 1350. The van der Waals surface area contributed by atoms with Gasteiger partial charge in [-0.25, -0.2) is 22.9 Å². The molecule has 0 bridgehead atoms. The molecule has 0 atom stereocenters. The van der Waals surface area contributed by atoms with Gasteiger partial charge in [-0.15, -0.1) is 10.2 Å². The molecule has 0 unspecified atom stereocenters. The summed E-state index contributed by atoms with van der Waals surface area (Å²) in [5, 5.41) is 17.2. The lowest BCUT2D eigenvalue weighted by molar-refractivity contribution is 0.598. The minimum Gasteiger partial charge on any atom is -0.330 e. The second-order valence-electron chi connectivity index (χ2n) is 7.03. The molecule has 4 rings (SSSR count). The van der Waals surface area contributed by atoms with E-state index in [1.54, 1.807) is 18.2 Å². The first-order valence-electron chi connectivity index (χ1n) is 9.84. The number of fused-ring (bicyclic) bond motifs is 1. The molecule has 4 aromatic rings. The van der Waals surface area contributed by atoms with Crippen LogP contribution >= 0.6 is 23.1 Å². The van der Waals surface area contributed by atoms with Crippen LogP contribution in [0.1, 0.15) is 25.6 Å². The number of rotatable bonds is 9. The van der Waals surface area contributed by atoms with Crippen molar-refractivity contribution in [1.82, 2.24) is 19.7 Å². The van der Waals surface area contributed by atoms with Gasteiger partial charge in [-0.3, -0.25) is 0 Å². The Labute approximate surface area is 193 Å². The molecule has 0 amide bonds. The van der Waals surface area contributed by atoms with Crippen LogP contribution in [0.2, 0.25) is 0 Å². The highest BCUT2D eigenvalue weighted by Crippen LogP contribution is 2.31. The van der Waals surface area contributed by atoms with Crippen LogP contribution in [0.3, 0.4) is 0 Å². The van der Waals surface area contributed by atoms with Crippen LogP contribution in [-0.2, 0) is 22.3 Å². The topological polar surface area (TPSA) is 116 Å². The van der Waals surface area contributed by atoms with Gasteiger partial charge < -0.3 is 9.88 Å².